The van der Waals surface area contributed by atoms with Gasteiger partial charge >= 0.3 is 0 Å². The average Bonchev–Trinajstić information content (AvgIpc) is 3.48. The summed E-state index contributed by atoms with van der Waals surface area (Å²) < 4.78 is 14.5. The van der Waals surface area contributed by atoms with E-state index in [2.05, 4.69) is 5.10 Å². The zero-order valence-electron chi connectivity index (χ0n) is 18.9. The van der Waals surface area contributed by atoms with Crippen molar-refractivity contribution in [3.8, 4) is 22.6 Å². The van der Waals surface area contributed by atoms with Crippen molar-refractivity contribution in [1.82, 2.24) is 29.3 Å². The summed E-state index contributed by atoms with van der Waals surface area (Å²) in [5.74, 6) is 2.21. The largest absolute Gasteiger partial charge is 0.493 e. The van der Waals surface area contributed by atoms with Gasteiger partial charge in [0.15, 0.2) is 23.0 Å². The summed E-state index contributed by atoms with van der Waals surface area (Å²) in [6, 6.07) is 9.75. The molecule has 9 heteroatoms. The van der Waals surface area contributed by atoms with E-state index in [4.69, 9.17) is 19.6 Å². The maximum Gasteiger partial charge on any atom is 0.257 e. The van der Waals surface area contributed by atoms with Crippen molar-refractivity contribution in [3.63, 3.8) is 0 Å². The molecule has 1 aliphatic heterocycles. The lowest BCUT2D eigenvalue weighted by molar-refractivity contribution is 0.0704. The van der Waals surface area contributed by atoms with Crippen LogP contribution in [0.3, 0.4) is 0 Å². The minimum atomic E-state index is 0.00368. The third kappa shape index (κ3) is 3.90. The molecule has 33 heavy (non-hydrogen) atoms. The van der Waals surface area contributed by atoms with Crippen LogP contribution in [-0.4, -0.2) is 62.5 Å². The Morgan fingerprint density at radius 3 is 2.76 bits per heavy atom. The minimum Gasteiger partial charge on any atom is -0.493 e. The van der Waals surface area contributed by atoms with Crippen molar-refractivity contribution in [3.05, 3.63) is 60.3 Å². The number of hydrogen-bond donors (Lipinski definition) is 0. The number of benzene rings is 1. The number of carbonyl (C=O) groups excluding carboxylic acids is 1. The Hall–Kier alpha value is -3.88. The highest BCUT2D eigenvalue weighted by molar-refractivity contribution is 5.93. The molecule has 0 radical (unpaired) electrons. The van der Waals surface area contributed by atoms with E-state index in [1.165, 1.54) is 0 Å². The van der Waals surface area contributed by atoms with Crippen molar-refractivity contribution in [1.29, 1.82) is 0 Å². The third-order valence-electron chi connectivity index (χ3n) is 6.09. The van der Waals surface area contributed by atoms with Gasteiger partial charge in [0.1, 0.15) is 0 Å². The van der Waals surface area contributed by atoms with Crippen LogP contribution in [0.4, 0.5) is 0 Å². The molecule has 1 fully saturated rings. The molecular formula is C24H26N6O3. The Kier molecular flexibility index (Phi) is 5.45. The first kappa shape index (κ1) is 21.0. The van der Waals surface area contributed by atoms with Gasteiger partial charge in [-0.1, -0.05) is 12.1 Å². The zero-order chi connectivity index (χ0) is 22.9. The molecule has 0 bridgehead atoms. The molecule has 4 heterocycles. The fourth-order valence-electron chi connectivity index (χ4n) is 4.43. The van der Waals surface area contributed by atoms with Gasteiger partial charge in [0.25, 0.3) is 5.91 Å². The van der Waals surface area contributed by atoms with Crippen molar-refractivity contribution in [2.24, 2.45) is 7.05 Å². The molecule has 9 nitrogen and oxygen atoms in total. The van der Waals surface area contributed by atoms with Gasteiger partial charge in [0.2, 0.25) is 0 Å². The standard InChI is InChI=1S/C24H26N6O3/c1-28-13-18(12-25-28)24(31)29-11-5-6-17(14-29)23-26-21-10-9-16(15-30(21)27-23)19-7-4-8-20(32-2)22(19)33-3/h4,7-10,12-13,15,17H,5-6,11,14H2,1-3H3/t17-/m1/s1. The molecule has 0 unspecified atom stereocenters. The van der Waals surface area contributed by atoms with Crippen molar-refractivity contribution < 1.29 is 14.3 Å². The fourth-order valence-corrected chi connectivity index (χ4v) is 4.43. The predicted octanol–water partition coefficient (Wildman–Crippen LogP) is 3.17. The van der Waals surface area contributed by atoms with Crippen molar-refractivity contribution in [2.45, 2.75) is 18.8 Å². The van der Waals surface area contributed by atoms with E-state index in [-0.39, 0.29) is 11.8 Å². The van der Waals surface area contributed by atoms with Crippen LogP contribution in [0.5, 0.6) is 11.5 Å². The molecule has 3 aromatic heterocycles. The Labute approximate surface area is 191 Å². The number of hydrogen-bond acceptors (Lipinski definition) is 6. The zero-order valence-corrected chi connectivity index (χ0v) is 18.9. The van der Waals surface area contributed by atoms with E-state index in [1.807, 2.05) is 48.5 Å². The number of pyridine rings is 1. The number of carbonyl (C=O) groups is 1. The number of methoxy groups -OCH3 is 2. The van der Waals surface area contributed by atoms with Gasteiger partial charge in [-0.2, -0.15) is 10.2 Å². The van der Waals surface area contributed by atoms with Crippen LogP contribution in [0.15, 0.2) is 48.9 Å². The summed E-state index contributed by atoms with van der Waals surface area (Å²) in [6.45, 7) is 1.33. The van der Waals surface area contributed by atoms with E-state index in [0.717, 1.165) is 42.0 Å². The van der Waals surface area contributed by atoms with Crippen LogP contribution in [0.25, 0.3) is 16.8 Å². The summed E-state index contributed by atoms with van der Waals surface area (Å²) in [4.78, 5) is 19.5. The van der Waals surface area contributed by atoms with Crippen LogP contribution in [0, 0.1) is 0 Å². The summed E-state index contributed by atoms with van der Waals surface area (Å²) >= 11 is 0. The topological polar surface area (TPSA) is 86.8 Å². The van der Waals surface area contributed by atoms with Gasteiger partial charge in [-0.05, 0) is 31.0 Å². The lowest BCUT2D eigenvalue weighted by atomic mass is 9.97. The lowest BCUT2D eigenvalue weighted by Crippen LogP contribution is -2.39. The highest BCUT2D eigenvalue weighted by Crippen LogP contribution is 2.37. The molecule has 1 aromatic carbocycles. The first-order chi connectivity index (χ1) is 16.1. The van der Waals surface area contributed by atoms with Gasteiger partial charge in [-0.3, -0.25) is 9.48 Å². The molecule has 5 rings (SSSR count). The van der Waals surface area contributed by atoms with Gasteiger partial charge < -0.3 is 14.4 Å². The number of amides is 1. The summed E-state index contributed by atoms with van der Waals surface area (Å²) in [7, 11) is 5.07. The smallest absolute Gasteiger partial charge is 0.257 e. The minimum absolute atomic E-state index is 0.00368. The Bertz CT molecular complexity index is 1310. The number of fused-ring (bicyclic) bond motifs is 1. The maximum atomic E-state index is 12.9. The molecule has 1 aliphatic rings. The SMILES string of the molecule is COc1cccc(-c2ccc3nc([C@@H]4CCCN(C(=O)c5cnn(C)c5)C4)nn3c2)c1OC. The van der Waals surface area contributed by atoms with E-state index in [9.17, 15) is 4.79 Å². The highest BCUT2D eigenvalue weighted by Gasteiger charge is 2.28. The number of aromatic nitrogens is 5. The Balaban J connectivity index is 1.42. The lowest BCUT2D eigenvalue weighted by Gasteiger charge is -2.31. The van der Waals surface area contributed by atoms with E-state index in [1.54, 1.807) is 35.8 Å². The van der Waals surface area contributed by atoms with Gasteiger partial charge in [0, 0.05) is 49.6 Å². The number of rotatable bonds is 5. The monoisotopic (exact) mass is 446 g/mol. The second-order valence-corrected chi connectivity index (χ2v) is 8.22. The first-order valence-electron chi connectivity index (χ1n) is 10.9. The number of piperidine rings is 1. The van der Waals surface area contributed by atoms with Crippen LogP contribution < -0.4 is 9.47 Å². The van der Waals surface area contributed by atoms with Crippen LogP contribution in [0.2, 0.25) is 0 Å². The maximum absolute atomic E-state index is 12.9. The first-order valence-corrected chi connectivity index (χ1v) is 10.9. The van der Waals surface area contributed by atoms with E-state index < -0.39 is 0 Å². The fraction of sp³-hybridized carbons (Fsp3) is 0.333. The summed E-state index contributed by atoms with van der Waals surface area (Å²) in [5.41, 5.74) is 3.25. The van der Waals surface area contributed by atoms with E-state index >= 15 is 0 Å². The van der Waals surface area contributed by atoms with Crippen molar-refractivity contribution in [2.75, 3.05) is 27.3 Å². The molecule has 1 saturated heterocycles. The van der Waals surface area contributed by atoms with E-state index in [0.29, 0.717) is 23.6 Å². The third-order valence-corrected chi connectivity index (χ3v) is 6.09. The van der Waals surface area contributed by atoms with Gasteiger partial charge in [-0.15, -0.1) is 0 Å². The summed E-state index contributed by atoms with van der Waals surface area (Å²) in [5, 5.41) is 8.89. The Morgan fingerprint density at radius 1 is 1.12 bits per heavy atom. The van der Waals surface area contributed by atoms with Crippen LogP contribution in [-0.2, 0) is 7.05 Å². The summed E-state index contributed by atoms with van der Waals surface area (Å²) in [6.07, 6.45) is 7.18. The molecule has 1 amide bonds. The normalized spacial score (nSPS) is 16.2. The second kappa shape index (κ2) is 8.57. The molecule has 1 atom stereocenters. The van der Waals surface area contributed by atoms with Crippen molar-refractivity contribution >= 4 is 11.6 Å². The molecule has 170 valence electrons. The highest BCUT2D eigenvalue weighted by atomic mass is 16.5. The van der Waals surface area contributed by atoms with Crippen LogP contribution in [0.1, 0.15) is 34.9 Å². The predicted molar refractivity (Wildman–Crippen MR) is 123 cm³/mol. The number of para-hydroxylation sites is 1. The van der Waals surface area contributed by atoms with Crippen LogP contribution >= 0.6 is 0 Å². The number of ether oxygens (including phenoxy) is 2. The second-order valence-electron chi connectivity index (χ2n) is 8.22. The number of likely N-dealkylation sites (tertiary alicyclic amines) is 1. The molecule has 0 aliphatic carbocycles. The molecule has 4 aromatic rings. The van der Waals surface area contributed by atoms with Gasteiger partial charge in [0.05, 0.1) is 26.0 Å². The molecule has 0 saturated carbocycles. The molecule has 0 spiro atoms. The quantitative estimate of drug-likeness (QED) is 0.468. The Morgan fingerprint density at radius 2 is 2.00 bits per heavy atom. The molecule has 0 N–H and O–H groups in total. The molecular weight excluding hydrogens is 420 g/mol. The number of nitrogens with zero attached hydrogens (tertiary/aromatic N) is 6. The average molecular weight is 447 g/mol. The number of aryl methyl sites for hydroxylation is 1. The van der Waals surface area contributed by atoms with Gasteiger partial charge in [-0.25, -0.2) is 9.50 Å².